The normalized spacial score (nSPS) is 18.7. The quantitative estimate of drug-likeness (QED) is 0.396. The van der Waals surface area contributed by atoms with Gasteiger partial charge in [0.25, 0.3) is 0 Å². The molecule has 32 heavy (non-hydrogen) atoms. The molecule has 0 radical (unpaired) electrons. The van der Waals surface area contributed by atoms with Crippen LogP contribution in [-0.2, 0) is 4.79 Å². The van der Waals surface area contributed by atoms with Crippen molar-refractivity contribution >= 4 is 50.6 Å². The average molecular weight is 428 g/mol. The second kappa shape index (κ2) is 6.94. The van der Waals surface area contributed by atoms with Crippen molar-refractivity contribution in [1.29, 1.82) is 0 Å². The fraction of sp³-hybridized carbons (Fsp3) is 0.217. The number of furan rings is 1. The van der Waals surface area contributed by atoms with Crippen molar-refractivity contribution in [3.63, 3.8) is 0 Å². The molecule has 0 bridgehead atoms. The number of carboxylic acids is 1. The number of aliphatic carboxylic acids is 1. The van der Waals surface area contributed by atoms with Crippen LogP contribution in [0.2, 0.25) is 0 Å². The van der Waals surface area contributed by atoms with E-state index in [-0.39, 0.29) is 6.04 Å². The highest BCUT2D eigenvalue weighted by Crippen LogP contribution is 2.36. The van der Waals surface area contributed by atoms with Crippen LogP contribution in [0, 0.1) is 6.92 Å². The molecule has 1 fully saturated rings. The van der Waals surface area contributed by atoms with Crippen molar-refractivity contribution in [3.05, 3.63) is 54.4 Å². The number of aromatic amines is 1. The minimum absolute atomic E-state index is 0.127. The lowest BCUT2D eigenvalue weighted by Gasteiger charge is -2.22. The first-order valence-electron chi connectivity index (χ1n) is 10.4. The first-order valence-corrected chi connectivity index (χ1v) is 10.4. The van der Waals surface area contributed by atoms with Crippen molar-refractivity contribution < 1.29 is 14.3 Å². The van der Waals surface area contributed by atoms with Crippen LogP contribution in [0.25, 0.3) is 33.0 Å². The summed E-state index contributed by atoms with van der Waals surface area (Å²) in [4.78, 5) is 23.1. The Morgan fingerprint density at radius 1 is 1.16 bits per heavy atom. The van der Waals surface area contributed by atoms with Gasteiger partial charge in [-0.25, -0.2) is 14.8 Å². The predicted molar refractivity (Wildman–Crippen MR) is 121 cm³/mol. The summed E-state index contributed by atoms with van der Waals surface area (Å²) in [6.45, 7) is 2.25. The van der Waals surface area contributed by atoms with Gasteiger partial charge in [-0.3, -0.25) is 5.10 Å². The van der Waals surface area contributed by atoms with Crippen molar-refractivity contribution in [1.82, 2.24) is 20.2 Å². The van der Waals surface area contributed by atoms with Crippen LogP contribution in [0.3, 0.4) is 0 Å². The molecule has 1 aliphatic heterocycles. The Balaban J connectivity index is 1.41. The number of aryl methyl sites for hydroxylation is 1. The Labute approximate surface area is 182 Å². The van der Waals surface area contributed by atoms with E-state index in [1.165, 1.54) is 0 Å². The van der Waals surface area contributed by atoms with E-state index in [0.717, 1.165) is 16.3 Å². The number of fused-ring (bicyclic) bond motifs is 4. The summed E-state index contributed by atoms with van der Waals surface area (Å²) in [7, 11) is 0. The van der Waals surface area contributed by atoms with Gasteiger partial charge in [0.15, 0.2) is 17.2 Å². The first-order chi connectivity index (χ1) is 15.6. The lowest BCUT2D eigenvalue weighted by Crippen LogP contribution is -2.37. The lowest BCUT2D eigenvalue weighted by atomic mass is 10.1. The van der Waals surface area contributed by atoms with Gasteiger partial charge < -0.3 is 19.7 Å². The molecule has 3 aromatic heterocycles. The molecule has 2 atom stereocenters. The summed E-state index contributed by atoms with van der Waals surface area (Å²) in [6, 6.07) is 14.6. The van der Waals surface area contributed by atoms with Crippen molar-refractivity contribution in [2.45, 2.75) is 25.4 Å². The summed E-state index contributed by atoms with van der Waals surface area (Å²) in [5.41, 5.74) is 2.83. The van der Waals surface area contributed by atoms with Crippen molar-refractivity contribution in [2.24, 2.45) is 0 Å². The smallest absolute Gasteiger partial charge is 0.326 e. The van der Waals surface area contributed by atoms with E-state index in [0.29, 0.717) is 47.1 Å². The monoisotopic (exact) mass is 428 g/mol. The molecule has 0 amide bonds. The number of carbonyl (C=O) groups is 1. The zero-order chi connectivity index (χ0) is 21.8. The Morgan fingerprint density at radius 3 is 2.78 bits per heavy atom. The van der Waals surface area contributed by atoms with Gasteiger partial charge in [-0.15, -0.1) is 0 Å². The highest BCUT2D eigenvalue weighted by Gasteiger charge is 2.39. The minimum atomic E-state index is -0.901. The van der Waals surface area contributed by atoms with Gasteiger partial charge in [0.05, 0.1) is 5.52 Å². The van der Waals surface area contributed by atoms with E-state index in [9.17, 15) is 9.90 Å². The van der Waals surface area contributed by atoms with Gasteiger partial charge in [0.1, 0.15) is 23.0 Å². The van der Waals surface area contributed by atoms with Crippen LogP contribution >= 0.6 is 0 Å². The van der Waals surface area contributed by atoms with Crippen LogP contribution in [0.15, 0.2) is 52.9 Å². The second-order valence-electron chi connectivity index (χ2n) is 8.07. The number of H-pyrrole nitrogens is 1. The molecule has 2 aromatic carbocycles. The maximum atomic E-state index is 12.2. The van der Waals surface area contributed by atoms with E-state index in [4.69, 9.17) is 4.42 Å². The fourth-order valence-corrected chi connectivity index (χ4v) is 4.56. The van der Waals surface area contributed by atoms with Gasteiger partial charge in [-0.05, 0) is 31.2 Å². The molecule has 0 unspecified atom stereocenters. The summed E-state index contributed by atoms with van der Waals surface area (Å²) in [5, 5.41) is 22.6. The Morgan fingerprint density at radius 2 is 1.94 bits per heavy atom. The molecule has 1 saturated heterocycles. The number of rotatable bonds is 4. The van der Waals surface area contributed by atoms with Crippen molar-refractivity contribution in [2.75, 3.05) is 16.8 Å². The molecular formula is C23H20N6O3. The molecule has 3 N–H and O–H groups in total. The van der Waals surface area contributed by atoms with E-state index in [2.05, 4.69) is 25.5 Å². The highest BCUT2D eigenvalue weighted by atomic mass is 16.4. The number of aromatic nitrogens is 4. The Bertz CT molecular complexity index is 1490. The van der Waals surface area contributed by atoms with Crippen LogP contribution in [0.1, 0.15) is 12.2 Å². The molecule has 5 aromatic rings. The molecule has 4 heterocycles. The zero-order valence-electron chi connectivity index (χ0n) is 17.2. The van der Waals surface area contributed by atoms with Gasteiger partial charge in [0, 0.05) is 29.8 Å². The molecule has 0 spiro atoms. The van der Waals surface area contributed by atoms with Gasteiger partial charge in [0.2, 0.25) is 0 Å². The van der Waals surface area contributed by atoms with E-state index in [1.807, 2.05) is 55.5 Å². The molecule has 160 valence electrons. The number of hydrogen-bond donors (Lipinski definition) is 3. The molecule has 1 aliphatic rings. The lowest BCUT2D eigenvalue weighted by molar-refractivity contribution is -0.138. The average Bonchev–Trinajstić information content (AvgIpc) is 3.49. The second-order valence-corrected chi connectivity index (χ2v) is 8.07. The van der Waals surface area contributed by atoms with E-state index in [1.54, 1.807) is 4.90 Å². The summed E-state index contributed by atoms with van der Waals surface area (Å²) >= 11 is 0. The Hall–Kier alpha value is -4.14. The number of nitrogens with zero attached hydrogens (tertiary/aromatic N) is 4. The zero-order valence-corrected chi connectivity index (χ0v) is 17.2. The molecule has 9 nitrogen and oxygen atoms in total. The maximum absolute atomic E-state index is 12.2. The van der Waals surface area contributed by atoms with Gasteiger partial charge >= 0.3 is 5.97 Å². The molecule has 0 aliphatic carbocycles. The summed E-state index contributed by atoms with van der Waals surface area (Å²) in [5.74, 6) is 0.885. The van der Waals surface area contributed by atoms with Gasteiger partial charge in [-0.2, -0.15) is 5.10 Å². The molecular weight excluding hydrogens is 408 g/mol. The topological polar surface area (TPSA) is 120 Å². The summed E-state index contributed by atoms with van der Waals surface area (Å²) < 4.78 is 6.08. The number of nitrogens with one attached hydrogen (secondary N) is 2. The van der Waals surface area contributed by atoms with Crippen LogP contribution < -0.4 is 10.2 Å². The number of benzene rings is 2. The van der Waals surface area contributed by atoms with E-state index >= 15 is 0 Å². The molecule has 6 rings (SSSR count). The third-order valence-corrected chi connectivity index (χ3v) is 5.98. The highest BCUT2D eigenvalue weighted by molar-refractivity contribution is 6.06. The standard InChI is InChI=1S/C23H20N6O3/c1-12-24-19-15-7-3-5-9-18(15)32-20(19)22(25-12)29-11-13(10-17(29)23(30)31)26-21-14-6-2-4-8-16(14)27-28-21/h2-9,13,17H,10-11H2,1H3,(H,30,31)(H2,26,27,28)/t13-,17-/m0/s1. The minimum Gasteiger partial charge on any atom is -0.480 e. The van der Waals surface area contributed by atoms with Crippen molar-refractivity contribution in [3.8, 4) is 0 Å². The summed E-state index contributed by atoms with van der Waals surface area (Å²) in [6.07, 6.45) is 0.404. The number of hydrogen-bond acceptors (Lipinski definition) is 7. The first kappa shape index (κ1) is 18.6. The fourth-order valence-electron chi connectivity index (χ4n) is 4.56. The SMILES string of the molecule is Cc1nc(N2C[C@@H](Nc3n[nH]c4ccccc34)C[C@H]2C(=O)O)c2oc3ccccc3c2n1. The maximum Gasteiger partial charge on any atom is 0.326 e. The third-order valence-electron chi connectivity index (χ3n) is 5.98. The number of para-hydroxylation sites is 2. The number of anilines is 2. The van der Waals surface area contributed by atoms with Crippen LogP contribution in [-0.4, -0.2) is 49.9 Å². The van der Waals surface area contributed by atoms with Gasteiger partial charge in [-0.1, -0.05) is 24.3 Å². The van der Waals surface area contributed by atoms with Crippen LogP contribution in [0.4, 0.5) is 11.6 Å². The van der Waals surface area contributed by atoms with E-state index < -0.39 is 12.0 Å². The number of carboxylic acid groups (broad SMARTS) is 1. The largest absolute Gasteiger partial charge is 0.480 e. The predicted octanol–water partition coefficient (Wildman–Crippen LogP) is 3.70. The molecule has 0 saturated carbocycles. The molecule has 9 heteroatoms. The van der Waals surface area contributed by atoms with Crippen LogP contribution in [0.5, 0.6) is 0 Å². The third kappa shape index (κ3) is 2.85. The Kier molecular flexibility index (Phi) is 4.04.